The van der Waals surface area contributed by atoms with Crippen molar-refractivity contribution >= 4 is 12.4 Å². The minimum absolute atomic E-state index is 0. The third-order valence-corrected chi connectivity index (χ3v) is 1.78. The summed E-state index contributed by atoms with van der Waals surface area (Å²) in [7, 11) is 0. The topological polar surface area (TPSA) is 23.5 Å². The maximum atomic E-state index is 8.63. The van der Waals surface area contributed by atoms with E-state index in [9.17, 15) is 0 Å². The summed E-state index contributed by atoms with van der Waals surface area (Å²) in [4.78, 5) is 2.28. The molecule has 2 nitrogen and oxygen atoms in total. The molecule has 1 N–H and O–H groups in total. The normalized spacial score (nSPS) is 22.0. The van der Waals surface area contributed by atoms with Crippen molar-refractivity contribution in [2.24, 2.45) is 0 Å². The minimum Gasteiger partial charge on any atom is -0.395 e. The Kier molecular flexibility index (Phi) is 4.19. The predicted octanol–water partition coefficient (Wildman–Crippen LogP) is 0.495. The van der Waals surface area contributed by atoms with Crippen molar-refractivity contribution in [3.05, 3.63) is 0 Å². The molecule has 1 atom stereocenters. The molecule has 0 aromatic heterocycles. The monoisotopic (exact) mass is 151 g/mol. The second kappa shape index (κ2) is 4.09. The van der Waals surface area contributed by atoms with Gasteiger partial charge < -0.3 is 5.11 Å². The molecule has 1 unspecified atom stereocenters. The first-order valence-corrected chi connectivity index (χ1v) is 3.19. The zero-order valence-electron chi connectivity index (χ0n) is 5.71. The highest BCUT2D eigenvalue weighted by Crippen LogP contribution is 2.09. The van der Waals surface area contributed by atoms with Crippen LogP contribution in [0.2, 0.25) is 0 Å². The first kappa shape index (κ1) is 9.21. The molecule has 56 valence electrons. The SMILES string of the molecule is CC(CO)N1CCC1.Cl. The smallest absolute Gasteiger partial charge is 0.0584 e. The fourth-order valence-corrected chi connectivity index (χ4v) is 0.897. The number of hydrogen-bond acceptors (Lipinski definition) is 2. The van der Waals surface area contributed by atoms with Crippen LogP contribution < -0.4 is 0 Å². The second-order valence-corrected chi connectivity index (χ2v) is 2.42. The van der Waals surface area contributed by atoms with E-state index in [4.69, 9.17) is 5.11 Å². The molecule has 0 amide bonds. The van der Waals surface area contributed by atoms with Crippen LogP contribution in [0.3, 0.4) is 0 Å². The van der Waals surface area contributed by atoms with E-state index in [0.717, 1.165) is 0 Å². The van der Waals surface area contributed by atoms with Gasteiger partial charge in [-0.2, -0.15) is 0 Å². The molecular formula is C6H14ClNO. The van der Waals surface area contributed by atoms with Crippen molar-refractivity contribution < 1.29 is 5.11 Å². The lowest BCUT2D eigenvalue weighted by molar-refractivity contribution is 0.0822. The summed E-state index contributed by atoms with van der Waals surface area (Å²) >= 11 is 0. The molecule has 0 aliphatic carbocycles. The van der Waals surface area contributed by atoms with Crippen molar-refractivity contribution in [3.63, 3.8) is 0 Å². The largest absolute Gasteiger partial charge is 0.395 e. The molecule has 0 aromatic rings. The van der Waals surface area contributed by atoms with Gasteiger partial charge >= 0.3 is 0 Å². The summed E-state index contributed by atoms with van der Waals surface area (Å²) in [5.41, 5.74) is 0. The summed E-state index contributed by atoms with van der Waals surface area (Å²) in [6.07, 6.45) is 1.31. The van der Waals surface area contributed by atoms with Gasteiger partial charge in [-0.15, -0.1) is 12.4 Å². The van der Waals surface area contributed by atoms with Gasteiger partial charge in [0.2, 0.25) is 0 Å². The Hall–Kier alpha value is 0.210. The first-order chi connectivity index (χ1) is 3.84. The standard InChI is InChI=1S/C6H13NO.ClH/c1-6(5-8)7-3-2-4-7;/h6,8H,2-5H2,1H3;1H. The zero-order chi connectivity index (χ0) is 5.98. The molecular weight excluding hydrogens is 138 g/mol. The molecule has 1 saturated heterocycles. The average Bonchev–Trinajstić information content (AvgIpc) is 1.62. The number of aliphatic hydroxyl groups excluding tert-OH is 1. The lowest BCUT2D eigenvalue weighted by Gasteiger charge is -2.35. The van der Waals surface area contributed by atoms with E-state index < -0.39 is 0 Å². The van der Waals surface area contributed by atoms with E-state index >= 15 is 0 Å². The highest BCUT2D eigenvalue weighted by Gasteiger charge is 2.18. The highest BCUT2D eigenvalue weighted by molar-refractivity contribution is 5.85. The molecule has 0 spiro atoms. The van der Waals surface area contributed by atoms with Crippen molar-refractivity contribution in [1.82, 2.24) is 4.90 Å². The quantitative estimate of drug-likeness (QED) is 0.621. The Balaban J connectivity index is 0.000000640. The molecule has 1 aliphatic heterocycles. The van der Waals surface area contributed by atoms with Crippen LogP contribution in [0.25, 0.3) is 0 Å². The Morgan fingerprint density at radius 1 is 1.56 bits per heavy atom. The van der Waals surface area contributed by atoms with Crippen molar-refractivity contribution in [2.75, 3.05) is 19.7 Å². The van der Waals surface area contributed by atoms with Gasteiger partial charge in [0.1, 0.15) is 0 Å². The van der Waals surface area contributed by atoms with E-state index in [1.807, 2.05) is 0 Å². The van der Waals surface area contributed by atoms with Crippen LogP contribution in [0.4, 0.5) is 0 Å². The molecule has 0 aromatic carbocycles. The number of hydrogen-bond donors (Lipinski definition) is 1. The van der Waals surface area contributed by atoms with Crippen LogP contribution in [-0.4, -0.2) is 35.7 Å². The lowest BCUT2D eigenvalue weighted by Crippen LogP contribution is -2.45. The first-order valence-electron chi connectivity index (χ1n) is 3.19. The van der Waals surface area contributed by atoms with Crippen LogP contribution in [0.1, 0.15) is 13.3 Å². The summed E-state index contributed by atoms with van der Waals surface area (Å²) in [5, 5.41) is 8.63. The average molecular weight is 152 g/mol. The highest BCUT2D eigenvalue weighted by atomic mass is 35.5. The van der Waals surface area contributed by atoms with E-state index in [-0.39, 0.29) is 12.4 Å². The molecule has 0 radical (unpaired) electrons. The fourth-order valence-electron chi connectivity index (χ4n) is 0.897. The number of nitrogens with zero attached hydrogens (tertiary/aromatic N) is 1. The number of rotatable bonds is 2. The maximum Gasteiger partial charge on any atom is 0.0584 e. The van der Waals surface area contributed by atoms with Crippen LogP contribution in [0.5, 0.6) is 0 Å². The Bertz CT molecular complexity index is 72.7. The minimum atomic E-state index is 0. The summed E-state index contributed by atoms with van der Waals surface area (Å²) in [6.45, 7) is 4.72. The van der Waals surface area contributed by atoms with Crippen molar-refractivity contribution in [2.45, 2.75) is 19.4 Å². The van der Waals surface area contributed by atoms with Gasteiger partial charge in [-0.05, 0) is 26.4 Å². The van der Waals surface area contributed by atoms with Crippen LogP contribution in [0.15, 0.2) is 0 Å². The summed E-state index contributed by atoms with van der Waals surface area (Å²) < 4.78 is 0. The lowest BCUT2D eigenvalue weighted by atomic mass is 10.1. The molecule has 3 heteroatoms. The van der Waals surface area contributed by atoms with Gasteiger partial charge in [-0.25, -0.2) is 0 Å². The summed E-state index contributed by atoms with van der Waals surface area (Å²) in [5.74, 6) is 0. The predicted molar refractivity (Wildman–Crippen MR) is 40.0 cm³/mol. The third-order valence-electron chi connectivity index (χ3n) is 1.78. The molecule has 9 heavy (non-hydrogen) atoms. The molecule has 0 bridgehead atoms. The fraction of sp³-hybridized carbons (Fsp3) is 1.00. The molecule has 1 fully saturated rings. The van der Waals surface area contributed by atoms with Gasteiger partial charge in [-0.1, -0.05) is 0 Å². The molecule has 1 heterocycles. The van der Waals surface area contributed by atoms with Crippen LogP contribution in [-0.2, 0) is 0 Å². The van der Waals surface area contributed by atoms with Gasteiger partial charge in [0.15, 0.2) is 0 Å². The Morgan fingerprint density at radius 3 is 2.22 bits per heavy atom. The molecule has 0 saturated carbocycles. The Labute approximate surface area is 62.3 Å². The number of halogens is 1. The van der Waals surface area contributed by atoms with Crippen LogP contribution >= 0.6 is 12.4 Å². The van der Waals surface area contributed by atoms with E-state index in [2.05, 4.69) is 11.8 Å². The second-order valence-electron chi connectivity index (χ2n) is 2.42. The Morgan fingerprint density at radius 2 is 2.11 bits per heavy atom. The van der Waals surface area contributed by atoms with Gasteiger partial charge in [0, 0.05) is 6.04 Å². The maximum absolute atomic E-state index is 8.63. The van der Waals surface area contributed by atoms with Gasteiger partial charge in [-0.3, -0.25) is 4.90 Å². The van der Waals surface area contributed by atoms with Crippen molar-refractivity contribution in [3.8, 4) is 0 Å². The number of likely N-dealkylation sites (tertiary alicyclic amines) is 1. The summed E-state index contributed by atoms with van der Waals surface area (Å²) in [6, 6.07) is 0.392. The van der Waals surface area contributed by atoms with Gasteiger partial charge in [0.25, 0.3) is 0 Å². The molecule has 1 rings (SSSR count). The van der Waals surface area contributed by atoms with E-state index in [1.54, 1.807) is 0 Å². The number of aliphatic hydroxyl groups is 1. The van der Waals surface area contributed by atoms with Crippen LogP contribution in [0, 0.1) is 0 Å². The zero-order valence-corrected chi connectivity index (χ0v) is 6.52. The van der Waals surface area contributed by atoms with E-state index in [1.165, 1.54) is 19.5 Å². The van der Waals surface area contributed by atoms with Crippen molar-refractivity contribution in [1.29, 1.82) is 0 Å². The van der Waals surface area contributed by atoms with E-state index in [0.29, 0.717) is 12.6 Å². The third kappa shape index (κ3) is 2.12. The molecule has 1 aliphatic rings. The van der Waals surface area contributed by atoms with Gasteiger partial charge in [0.05, 0.1) is 6.61 Å².